The Morgan fingerprint density at radius 1 is 0.296 bits per heavy atom. The van der Waals surface area contributed by atoms with E-state index in [2.05, 4.69) is 198 Å². The van der Waals surface area contributed by atoms with Crippen LogP contribution in [0, 0.1) is 27.7 Å². The molecule has 1 aliphatic carbocycles. The SMILES string of the molecule is Cc1c2c(c(-c3ccccc3)c3ccccc13)-c1ccc(C)c3cccc-2c13.Cc1ccc2c(C)c3cc4ccccc4cc3c(-c3ccccc3)c2c1. The number of rotatable bonds is 2. The van der Waals surface area contributed by atoms with E-state index in [-0.39, 0.29) is 0 Å². The van der Waals surface area contributed by atoms with Crippen molar-refractivity contribution in [2.75, 3.05) is 0 Å². The first kappa shape index (κ1) is 32.2. The highest BCUT2D eigenvalue weighted by Crippen LogP contribution is 2.55. The predicted octanol–water partition coefficient (Wildman–Crippen LogP) is 15.4. The summed E-state index contributed by atoms with van der Waals surface area (Å²) in [4.78, 5) is 0. The fraction of sp³-hybridized carbons (Fsp3) is 0.0741. The molecule has 0 spiro atoms. The summed E-state index contributed by atoms with van der Waals surface area (Å²) in [6.07, 6.45) is 0. The highest BCUT2D eigenvalue weighted by Gasteiger charge is 2.28. The number of fused-ring (bicyclic) bond motifs is 7. The van der Waals surface area contributed by atoms with E-state index in [1.807, 2.05) is 0 Å². The third-order valence-electron chi connectivity index (χ3n) is 11.8. The van der Waals surface area contributed by atoms with Crippen LogP contribution in [-0.2, 0) is 0 Å². The first-order valence-electron chi connectivity index (χ1n) is 19.0. The second-order valence-corrected chi connectivity index (χ2v) is 15.0. The van der Waals surface area contributed by atoms with Gasteiger partial charge in [-0.05, 0) is 155 Å². The molecule has 0 radical (unpaired) electrons. The molecule has 0 bridgehead atoms. The van der Waals surface area contributed by atoms with E-state index >= 15 is 0 Å². The van der Waals surface area contributed by atoms with Crippen LogP contribution in [0.1, 0.15) is 22.3 Å². The van der Waals surface area contributed by atoms with Crippen LogP contribution in [0.2, 0.25) is 0 Å². The van der Waals surface area contributed by atoms with Crippen molar-refractivity contribution in [1.82, 2.24) is 0 Å². The van der Waals surface area contributed by atoms with Crippen molar-refractivity contribution in [2.45, 2.75) is 27.7 Å². The van der Waals surface area contributed by atoms with Gasteiger partial charge in [0.2, 0.25) is 0 Å². The maximum absolute atomic E-state index is 2.36. The van der Waals surface area contributed by atoms with E-state index in [1.165, 1.54) is 121 Å². The number of aryl methyl sites for hydroxylation is 4. The van der Waals surface area contributed by atoms with Crippen LogP contribution in [0.5, 0.6) is 0 Å². The maximum atomic E-state index is 2.36. The molecule has 0 aliphatic heterocycles. The van der Waals surface area contributed by atoms with Gasteiger partial charge in [-0.2, -0.15) is 0 Å². The second kappa shape index (κ2) is 12.6. The van der Waals surface area contributed by atoms with Crippen LogP contribution in [0.15, 0.2) is 170 Å². The lowest BCUT2D eigenvalue weighted by atomic mass is 9.85. The molecule has 0 nitrogen and oxygen atoms in total. The molecule has 10 aromatic rings. The molecule has 0 unspecified atom stereocenters. The van der Waals surface area contributed by atoms with Gasteiger partial charge in [0.15, 0.2) is 0 Å². The summed E-state index contributed by atoms with van der Waals surface area (Å²) in [5, 5.41) is 13.4. The smallest absolute Gasteiger partial charge is 0.00110 e. The minimum absolute atomic E-state index is 1.28. The van der Waals surface area contributed by atoms with E-state index in [4.69, 9.17) is 0 Å². The zero-order valence-electron chi connectivity index (χ0n) is 31.2. The molecule has 0 N–H and O–H groups in total. The van der Waals surface area contributed by atoms with Crippen molar-refractivity contribution in [3.8, 4) is 44.5 Å². The van der Waals surface area contributed by atoms with Gasteiger partial charge in [0, 0.05) is 0 Å². The van der Waals surface area contributed by atoms with Gasteiger partial charge in [-0.1, -0.05) is 163 Å². The van der Waals surface area contributed by atoms with E-state index in [9.17, 15) is 0 Å². The molecule has 1 aliphatic rings. The first-order chi connectivity index (χ1) is 26.5. The van der Waals surface area contributed by atoms with Crippen LogP contribution in [0.4, 0.5) is 0 Å². The topological polar surface area (TPSA) is 0 Å². The van der Waals surface area contributed by atoms with Crippen molar-refractivity contribution in [2.24, 2.45) is 0 Å². The van der Waals surface area contributed by atoms with Crippen LogP contribution >= 0.6 is 0 Å². The van der Waals surface area contributed by atoms with Crippen LogP contribution in [0.3, 0.4) is 0 Å². The number of hydrogen-bond acceptors (Lipinski definition) is 0. The molecule has 0 aromatic heterocycles. The standard InChI is InChI=1S/C28H20.C26H20/c1-17-15-16-24-27-20(17)13-8-14-23(27)25-18(2)21-11-6-7-12-22(21)26(28(24)25)19-9-4-3-5-10-19;1-17-12-13-22-18(2)23-15-20-10-6-7-11-21(20)16-25(23)26(24(22)14-17)19-8-4-3-5-9-19/h3-16H,1-2H3;3-16H,1-2H3. The van der Waals surface area contributed by atoms with Crippen LogP contribution in [0.25, 0.3) is 98.4 Å². The number of hydrogen-bond donors (Lipinski definition) is 0. The molecule has 11 rings (SSSR count). The molecule has 0 fully saturated rings. The quantitative estimate of drug-likeness (QED) is 0.159. The summed E-state index contributed by atoms with van der Waals surface area (Å²) in [5.41, 5.74) is 16.2. The third kappa shape index (κ3) is 4.91. The van der Waals surface area contributed by atoms with Crippen LogP contribution < -0.4 is 0 Å². The Balaban J connectivity index is 0.000000134. The largest absolute Gasteiger partial charge is 0.0622 e. The van der Waals surface area contributed by atoms with E-state index in [0.717, 1.165) is 0 Å². The van der Waals surface area contributed by atoms with Gasteiger partial charge in [0.1, 0.15) is 0 Å². The van der Waals surface area contributed by atoms with E-state index in [0.29, 0.717) is 0 Å². The normalized spacial score (nSPS) is 11.7. The lowest BCUT2D eigenvalue weighted by Crippen LogP contribution is -1.92. The molecule has 256 valence electrons. The second-order valence-electron chi connectivity index (χ2n) is 15.0. The zero-order valence-corrected chi connectivity index (χ0v) is 31.2. The van der Waals surface area contributed by atoms with Crippen molar-refractivity contribution < 1.29 is 0 Å². The van der Waals surface area contributed by atoms with Gasteiger partial charge in [0.05, 0.1) is 0 Å². The van der Waals surface area contributed by atoms with Gasteiger partial charge < -0.3 is 0 Å². The predicted molar refractivity (Wildman–Crippen MR) is 235 cm³/mol. The van der Waals surface area contributed by atoms with Gasteiger partial charge >= 0.3 is 0 Å². The Kier molecular flexibility index (Phi) is 7.49. The molecule has 0 amide bonds. The van der Waals surface area contributed by atoms with Crippen molar-refractivity contribution in [3.63, 3.8) is 0 Å². The van der Waals surface area contributed by atoms with Gasteiger partial charge in [-0.15, -0.1) is 0 Å². The average molecular weight is 689 g/mol. The lowest BCUT2D eigenvalue weighted by Gasteiger charge is -2.18. The molecule has 10 aromatic carbocycles. The minimum Gasteiger partial charge on any atom is -0.0622 e. The Morgan fingerprint density at radius 3 is 1.57 bits per heavy atom. The van der Waals surface area contributed by atoms with Crippen molar-refractivity contribution >= 4 is 53.9 Å². The summed E-state index contributed by atoms with van der Waals surface area (Å²) in [5.74, 6) is 0. The third-order valence-corrected chi connectivity index (χ3v) is 11.8. The molecule has 0 atom stereocenters. The fourth-order valence-electron chi connectivity index (χ4n) is 9.25. The minimum atomic E-state index is 1.28. The average Bonchev–Trinajstić information content (AvgIpc) is 3.55. The first-order valence-corrected chi connectivity index (χ1v) is 19.0. The summed E-state index contributed by atoms with van der Waals surface area (Å²) < 4.78 is 0. The molecular formula is C54H40. The van der Waals surface area contributed by atoms with Gasteiger partial charge in [-0.25, -0.2) is 0 Å². The number of benzene rings is 10. The summed E-state index contributed by atoms with van der Waals surface area (Å²) in [6.45, 7) is 8.93. The Hall–Kier alpha value is -6.50. The fourth-order valence-corrected chi connectivity index (χ4v) is 9.25. The van der Waals surface area contributed by atoms with Gasteiger partial charge in [-0.3, -0.25) is 0 Å². The summed E-state index contributed by atoms with van der Waals surface area (Å²) in [7, 11) is 0. The summed E-state index contributed by atoms with van der Waals surface area (Å²) >= 11 is 0. The molecule has 0 saturated carbocycles. The highest BCUT2D eigenvalue weighted by molar-refractivity contribution is 6.24. The molecule has 54 heavy (non-hydrogen) atoms. The summed E-state index contributed by atoms with van der Waals surface area (Å²) in [6, 6.07) is 62.1. The van der Waals surface area contributed by atoms with Crippen LogP contribution in [-0.4, -0.2) is 0 Å². The Morgan fingerprint density at radius 2 is 0.852 bits per heavy atom. The lowest BCUT2D eigenvalue weighted by molar-refractivity contribution is 1.49. The monoisotopic (exact) mass is 688 g/mol. The molecule has 0 saturated heterocycles. The van der Waals surface area contributed by atoms with Gasteiger partial charge in [0.25, 0.3) is 0 Å². The Bertz CT molecular complexity index is 3110. The molecule has 0 heterocycles. The van der Waals surface area contributed by atoms with Crippen molar-refractivity contribution in [1.29, 1.82) is 0 Å². The maximum Gasteiger partial charge on any atom is -0.00110 e. The highest BCUT2D eigenvalue weighted by atomic mass is 14.3. The zero-order chi connectivity index (χ0) is 36.5. The molecular weight excluding hydrogens is 649 g/mol. The molecule has 0 heteroatoms. The van der Waals surface area contributed by atoms with Crippen molar-refractivity contribution in [3.05, 3.63) is 192 Å². The van der Waals surface area contributed by atoms with E-state index < -0.39 is 0 Å². The van der Waals surface area contributed by atoms with E-state index in [1.54, 1.807) is 0 Å². The Labute approximate surface area is 317 Å².